The van der Waals surface area contributed by atoms with E-state index in [1.807, 2.05) is 0 Å². The second-order valence-corrected chi connectivity index (χ2v) is 6.48. The Morgan fingerprint density at radius 1 is 1.31 bits per heavy atom. The Bertz CT molecular complexity index is 377. The molecule has 1 amide bonds. The van der Waals surface area contributed by atoms with Gasteiger partial charge in [0.25, 0.3) is 10.1 Å². The maximum Gasteiger partial charge on any atom is 0.409 e. The first kappa shape index (κ1) is 13.2. The van der Waals surface area contributed by atoms with Gasteiger partial charge >= 0.3 is 6.09 Å². The van der Waals surface area contributed by atoms with E-state index in [0.717, 1.165) is 6.26 Å². The summed E-state index contributed by atoms with van der Waals surface area (Å²) < 4.78 is 31.7. The highest BCUT2D eigenvalue weighted by Gasteiger charge is 2.49. The van der Waals surface area contributed by atoms with E-state index in [9.17, 15) is 13.2 Å². The minimum Gasteiger partial charge on any atom is -0.444 e. The molecule has 0 aliphatic heterocycles. The van der Waals surface area contributed by atoms with Crippen LogP contribution in [0.5, 0.6) is 0 Å². The van der Waals surface area contributed by atoms with Gasteiger partial charge in [0, 0.05) is 12.8 Å². The fourth-order valence-corrected chi connectivity index (χ4v) is 1.91. The van der Waals surface area contributed by atoms with Crippen molar-refractivity contribution in [2.45, 2.75) is 44.9 Å². The van der Waals surface area contributed by atoms with Crippen LogP contribution in [-0.2, 0) is 19.0 Å². The zero-order valence-corrected chi connectivity index (χ0v) is 10.7. The summed E-state index contributed by atoms with van der Waals surface area (Å²) >= 11 is 0. The lowest BCUT2D eigenvalue weighted by molar-refractivity contribution is 0.0368. The number of hydrogen-bond acceptors (Lipinski definition) is 5. The van der Waals surface area contributed by atoms with Crippen LogP contribution < -0.4 is 5.32 Å². The molecular formula is C9H17NO5S. The molecule has 7 heteroatoms. The molecule has 0 aromatic carbocycles. The molecule has 0 atom stereocenters. The van der Waals surface area contributed by atoms with Crippen LogP contribution in [-0.4, -0.2) is 32.1 Å². The van der Waals surface area contributed by atoms with Crippen molar-refractivity contribution < 1.29 is 22.1 Å². The number of rotatable bonds is 3. The van der Waals surface area contributed by atoms with Crippen LogP contribution in [0.4, 0.5) is 4.79 Å². The topological polar surface area (TPSA) is 81.7 Å². The van der Waals surface area contributed by atoms with Gasteiger partial charge in [-0.1, -0.05) is 0 Å². The molecule has 1 aliphatic rings. The number of carbonyl (C=O) groups is 1. The second kappa shape index (κ2) is 3.89. The van der Waals surface area contributed by atoms with Crippen LogP contribution in [0.2, 0.25) is 0 Å². The van der Waals surface area contributed by atoms with Gasteiger partial charge in [0.15, 0.2) is 5.72 Å². The van der Waals surface area contributed by atoms with Gasteiger partial charge in [-0.25, -0.2) is 8.98 Å². The minimum atomic E-state index is -3.58. The Labute approximate surface area is 95.4 Å². The van der Waals surface area contributed by atoms with Gasteiger partial charge in [-0.2, -0.15) is 8.42 Å². The van der Waals surface area contributed by atoms with Crippen molar-refractivity contribution in [3.05, 3.63) is 0 Å². The lowest BCUT2D eigenvalue weighted by Crippen LogP contribution is -2.43. The quantitative estimate of drug-likeness (QED) is 0.597. The zero-order valence-electron chi connectivity index (χ0n) is 9.86. The molecule has 0 unspecified atom stereocenters. The van der Waals surface area contributed by atoms with E-state index in [1.54, 1.807) is 20.8 Å². The van der Waals surface area contributed by atoms with E-state index >= 15 is 0 Å². The minimum absolute atomic E-state index is 0.472. The van der Waals surface area contributed by atoms with Crippen molar-refractivity contribution in [2.24, 2.45) is 0 Å². The van der Waals surface area contributed by atoms with E-state index in [-0.39, 0.29) is 0 Å². The van der Waals surface area contributed by atoms with Crippen LogP contribution in [0.3, 0.4) is 0 Å². The third-order valence-electron chi connectivity index (χ3n) is 1.74. The predicted octanol–water partition coefficient (Wildman–Crippen LogP) is 0.977. The number of nitrogens with one attached hydrogen (secondary N) is 1. The summed E-state index contributed by atoms with van der Waals surface area (Å²) in [6.45, 7) is 5.18. The van der Waals surface area contributed by atoms with Gasteiger partial charge in [-0.15, -0.1) is 0 Å². The molecule has 1 aliphatic carbocycles. The summed E-state index contributed by atoms with van der Waals surface area (Å²) in [4.78, 5) is 11.4. The molecule has 94 valence electrons. The Hall–Kier alpha value is -0.820. The molecule has 0 bridgehead atoms. The highest BCUT2D eigenvalue weighted by molar-refractivity contribution is 7.86. The Morgan fingerprint density at radius 3 is 2.12 bits per heavy atom. The fraction of sp³-hybridized carbons (Fsp3) is 0.889. The van der Waals surface area contributed by atoms with Crippen molar-refractivity contribution in [3.63, 3.8) is 0 Å². The van der Waals surface area contributed by atoms with Crippen molar-refractivity contribution in [2.75, 3.05) is 6.26 Å². The Kier molecular flexibility index (Phi) is 3.22. The van der Waals surface area contributed by atoms with E-state index < -0.39 is 27.5 Å². The van der Waals surface area contributed by atoms with E-state index in [2.05, 4.69) is 5.32 Å². The van der Waals surface area contributed by atoms with Crippen molar-refractivity contribution in [1.82, 2.24) is 5.32 Å². The molecule has 0 radical (unpaired) electrons. The smallest absolute Gasteiger partial charge is 0.409 e. The number of alkyl carbamates (subject to hydrolysis) is 1. The molecule has 0 saturated heterocycles. The maximum atomic E-state index is 11.4. The average molecular weight is 251 g/mol. The molecule has 1 rings (SSSR count). The number of ether oxygens (including phenoxy) is 1. The normalized spacial score (nSPS) is 19.0. The first-order valence-corrected chi connectivity index (χ1v) is 6.75. The first-order chi connectivity index (χ1) is 7.02. The van der Waals surface area contributed by atoms with Crippen LogP contribution in [0.15, 0.2) is 0 Å². The SMILES string of the molecule is CC(C)(C)OC(=O)NC1(OS(C)(=O)=O)CC1. The Morgan fingerprint density at radius 2 is 1.81 bits per heavy atom. The van der Waals surface area contributed by atoms with Gasteiger partial charge in [-0.05, 0) is 20.8 Å². The molecule has 1 N–H and O–H groups in total. The summed E-state index contributed by atoms with van der Waals surface area (Å²) in [5.41, 5.74) is -1.71. The van der Waals surface area contributed by atoms with Crippen molar-refractivity contribution >= 4 is 16.2 Å². The first-order valence-electron chi connectivity index (χ1n) is 4.93. The predicted molar refractivity (Wildman–Crippen MR) is 57.3 cm³/mol. The lowest BCUT2D eigenvalue weighted by atomic mass is 10.2. The van der Waals surface area contributed by atoms with Gasteiger partial charge in [-0.3, -0.25) is 5.32 Å². The standard InChI is InChI=1S/C9H17NO5S/c1-8(2,3)14-7(11)10-9(5-6-9)15-16(4,12)13/h5-6H2,1-4H3,(H,10,11). The summed E-state index contributed by atoms with van der Waals surface area (Å²) in [5, 5.41) is 2.42. The zero-order chi connectivity index (χ0) is 12.6. The molecule has 0 spiro atoms. The van der Waals surface area contributed by atoms with Gasteiger partial charge in [0.05, 0.1) is 6.26 Å². The number of carbonyl (C=O) groups excluding carboxylic acids is 1. The summed E-state index contributed by atoms with van der Waals surface area (Å²) in [6.07, 6.45) is 1.22. The Balaban J connectivity index is 2.52. The van der Waals surface area contributed by atoms with Crippen molar-refractivity contribution in [1.29, 1.82) is 0 Å². The van der Waals surface area contributed by atoms with Crippen LogP contribution in [0, 0.1) is 0 Å². The fourth-order valence-electron chi connectivity index (χ4n) is 1.12. The largest absolute Gasteiger partial charge is 0.444 e. The molecule has 6 nitrogen and oxygen atoms in total. The monoisotopic (exact) mass is 251 g/mol. The molecule has 1 saturated carbocycles. The third kappa shape index (κ3) is 4.80. The molecule has 1 fully saturated rings. The van der Waals surface area contributed by atoms with E-state index in [1.165, 1.54) is 0 Å². The lowest BCUT2D eigenvalue weighted by Gasteiger charge is -2.22. The molecular weight excluding hydrogens is 234 g/mol. The molecule has 16 heavy (non-hydrogen) atoms. The van der Waals surface area contributed by atoms with Crippen molar-refractivity contribution in [3.8, 4) is 0 Å². The molecule has 0 heterocycles. The second-order valence-electron chi connectivity index (χ2n) is 4.91. The molecule has 0 aromatic heterocycles. The summed E-state index contributed by atoms with van der Waals surface area (Å²) in [7, 11) is -3.58. The highest BCUT2D eigenvalue weighted by atomic mass is 32.2. The van der Waals surface area contributed by atoms with Crippen LogP contribution in [0.1, 0.15) is 33.6 Å². The van der Waals surface area contributed by atoms with Gasteiger partial charge in [0.2, 0.25) is 0 Å². The maximum absolute atomic E-state index is 11.4. The number of hydrogen-bond donors (Lipinski definition) is 1. The van der Waals surface area contributed by atoms with Gasteiger partial charge < -0.3 is 4.74 Å². The van der Waals surface area contributed by atoms with Crippen LogP contribution in [0.25, 0.3) is 0 Å². The van der Waals surface area contributed by atoms with E-state index in [0.29, 0.717) is 12.8 Å². The van der Waals surface area contributed by atoms with Gasteiger partial charge in [0.1, 0.15) is 5.60 Å². The molecule has 0 aromatic rings. The van der Waals surface area contributed by atoms with Crippen LogP contribution >= 0.6 is 0 Å². The number of amides is 1. The summed E-state index contributed by atoms with van der Waals surface area (Å²) in [5.74, 6) is 0. The average Bonchev–Trinajstić information content (AvgIpc) is 2.58. The summed E-state index contributed by atoms with van der Waals surface area (Å²) in [6, 6.07) is 0. The van der Waals surface area contributed by atoms with E-state index in [4.69, 9.17) is 8.92 Å². The third-order valence-corrected chi connectivity index (χ3v) is 2.37. The highest BCUT2D eigenvalue weighted by Crippen LogP contribution is 2.38.